The van der Waals surface area contributed by atoms with Gasteiger partial charge < -0.3 is 20.1 Å². The molecule has 0 aliphatic carbocycles. The molecule has 2 atom stereocenters. The summed E-state index contributed by atoms with van der Waals surface area (Å²) in [5.41, 5.74) is 5.39. The van der Waals surface area contributed by atoms with Crippen LogP contribution in [0.3, 0.4) is 0 Å². The predicted octanol–water partition coefficient (Wildman–Crippen LogP) is 21.0. The molecule has 0 fully saturated rings. The summed E-state index contributed by atoms with van der Waals surface area (Å²) in [6.07, 6.45) is 83.8. The summed E-state index contributed by atoms with van der Waals surface area (Å²) in [5.74, 6) is -0.814. The lowest BCUT2D eigenvalue weighted by Crippen LogP contribution is -2.29. The van der Waals surface area contributed by atoms with Crippen molar-refractivity contribution in [1.29, 1.82) is 0 Å². The Morgan fingerprint density at radius 3 is 1.05 bits per heavy atom. The zero-order chi connectivity index (χ0) is 56.6. The lowest BCUT2D eigenvalue weighted by molar-refractivity contribution is -0.161. The summed E-state index contributed by atoms with van der Waals surface area (Å²) < 4.78 is 33.1. The molecular formula is C68H122NO8P. The van der Waals surface area contributed by atoms with Crippen molar-refractivity contribution in [2.75, 3.05) is 26.4 Å². The molecule has 0 spiro atoms. The summed E-state index contributed by atoms with van der Waals surface area (Å²) in [7, 11) is -4.39. The number of hydrogen-bond acceptors (Lipinski definition) is 8. The molecule has 0 aliphatic heterocycles. The van der Waals surface area contributed by atoms with E-state index in [1.165, 1.54) is 186 Å². The highest BCUT2D eigenvalue weighted by atomic mass is 31.2. The molecule has 10 heteroatoms. The molecule has 0 aromatic heterocycles. The highest BCUT2D eigenvalue weighted by molar-refractivity contribution is 7.47. The van der Waals surface area contributed by atoms with Crippen LogP contribution < -0.4 is 5.73 Å². The maximum Gasteiger partial charge on any atom is 0.472 e. The molecule has 0 rings (SSSR count). The molecule has 0 amide bonds. The van der Waals surface area contributed by atoms with Gasteiger partial charge >= 0.3 is 19.8 Å². The summed E-state index contributed by atoms with van der Waals surface area (Å²) in [6, 6.07) is 0. The van der Waals surface area contributed by atoms with E-state index in [2.05, 4.69) is 98.9 Å². The first kappa shape index (κ1) is 75.2. The molecule has 78 heavy (non-hydrogen) atoms. The maximum atomic E-state index is 12.7. The number of rotatable bonds is 61. The smallest absolute Gasteiger partial charge is 0.462 e. The number of phosphoric acid groups is 1. The van der Waals surface area contributed by atoms with Gasteiger partial charge in [-0.1, -0.05) is 304 Å². The summed E-state index contributed by atoms with van der Waals surface area (Å²) in [6.45, 7) is 3.67. The van der Waals surface area contributed by atoms with Crippen molar-refractivity contribution >= 4 is 19.8 Å². The molecule has 0 heterocycles. The van der Waals surface area contributed by atoms with Crippen LogP contribution in [0, 0.1) is 0 Å². The van der Waals surface area contributed by atoms with Crippen molar-refractivity contribution in [3.8, 4) is 0 Å². The molecule has 0 saturated carbocycles. The van der Waals surface area contributed by atoms with Gasteiger partial charge in [-0.3, -0.25) is 18.6 Å². The first-order valence-corrected chi connectivity index (χ1v) is 34.1. The standard InChI is InChI=1S/C68H122NO8P/c1-3-5-7-9-11-13-15-17-19-21-23-24-25-26-27-28-29-30-31-32-33-34-35-36-37-38-39-40-41-42-43-45-47-49-51-53-55-57-59-61-68(71)77-66(65-76-78(72,73)75-63-62-69)64-74-67(70)60-58-56-54-52-50-48-46-44-22-20-18-16-14-12-10-8-6-4-2/h5,7,11,13,17,19,23-24,26-27,29-30,32-33,66H,3-4,6,8-10,12,14-16,18,20-22,25,28,31,34-65,69H2,1-2H3,(H,72,73)/b7-5-,13-11-,19-17-,24-23-,27-26-,30-29-,33-32-. The SMILES string of the molecule is CC/C=C\C/C=C\C/C=C\C/C=C\C/C=C\C/C=C\C/C=C\CCCCCCCCCCCCCCCCCCCC(=O)OC(COC(=O)CCCCCCCCCCCCCCCCCCCC)COP(=O)(O)OCCN. The second-order valence-electron chi connectivity index (χ2n) is 21.6. The Kier molecular flexibility index (Phi) is 61.1. The van der Waals surface area contributed by atoms with Crippen LogP contribution in [0.5, 0.6) is 0 Å². The van der Waals surface area contributed by atoms with E-state index in [0.717, 1.165) is 83.5 Å². The van der Waals surface area contributed by atoms with E-state index in [1.54, 1.807) is 0 Å². The number of unbranched alkanes of at least 4 members (excludes halogenated alkanes) is 34. The Morgan fingerprint density at radius 1 is 0.397 bits per heavy atom. The van der Waals surface area contributed by atoms with Gasteiger partial charge in [-0.2, -0.15) is 0 Å². The molecule has 0 saturated heterocycles. The van der Waals surface area contributed by atoms with Crippen LogP contribution in [-0.4, -0.2) is 49.3 Å². The van der Waals surface area contributed by atoms with Gasteiger partial charge in [-0.05, 0) is 70.6 Å². The highest BCUT2D eigenvalue weighted by Gasteiger charge is 2.26. The Labute approximate surface area is 481 Å². The van der Waals surface area contributed by atoms with E-state index in [0.29, 0.717) is 6.42 Å². The van der Waals surface area contributed by atoms with Crippen LogP contribution in [0.4, 0.5) is 0 Å². The fraction of sp³-hybridized carbons (Fsp3) is 0.765. The number of nitrogens with two attached hydrogens (primary N) is 1. The van der Waals surface area contributed by atoms with E-state index in [1.807, 2.05) is 0 Å². The molecule has 0 radical (unpaired) electrons. The predicted molar refractivity (Wildman–Crippen MR) is 335 cm³/mol. The van der Waals surface area contributed by atoms with Gasteiger partial charge in [0.15, 0.2) is 6.10 Å². The Hall–Kier alpha value is -2.81. The molecule has 0 bridgehead atoms. The molecule has 0 aromatic carbocycles. The number of hydrogen-bond donors (Lipinski definition) is 2. The van der Waals surface area contributed by atoms with Gasteiger partial charge in [0, 0.05) is 19.4 Å². The van der Waals surface area contributed by atoms with Gasteiger partial charge in [0.1, 0.15) is 6.61 Å². The summed E-state index contributed by atoms with van der Waals surface area (Å²) >= 11 is 0. The fourth-order valence-corrected chi connectivity index (χ4v) is 10.0. The average molecular weight is 1110 g/mol. The summed E-state index contributed by atoms with van der Waals surface area (Å²) in [4.78, 5) is 35.2. The van der Waals surface area contributed by atoms with Crippen molar-refractivity contribution < 1.29 is 37.6 Å². The molecule has 2 unspecified atom stereocenters. The third-order valence-electron chi connectivity index (χ3n) is 14.0. The van der Waals surface area contributed by atoms with E-state index in [4.69, 9.17) is 24.3 Å². The van der Waals surface area contributed by atoms with Crippen molar-refractivity contribution in [1.82, 2.24) is 0 Å². The number of ether oxygens (including phenoxy) is 2. The third kappa shape index (κ3) is 62.4. The zero-order valence-corrected chi connectivity index (χ0v) is 51.5. The number of esters is 2. The maximum absolute atomic E-state index is 12.7. The van der Waals surface area contributed by atoms with Gasteiger partial charge in [0.2, 0.25) is 0 Å². The number of phosphoric ester groups is 1. The van der Waals surface area contributed by atoms with Gasteiger partial charge in [0.05, 0.1) is 13.2 Å². The van der Waals surface area contributed by atoms with Crippen LogP contribution in [0.1, 0.15) is 303 Å². The van der Waals surface area contributed by atoms with Gasteiger partial charge in [-0.25, -0.2) is 4.57 Å². The van der Waals surface area contributed by atoms with Crippen LogP contribution in [0.15, 0.2) is 85.1 Å². The van der Waals surface area contributed by atoms with Gasteiger partial charge in [-0.15, -0.1) is 0 Å². The van der Waals surface area contributed by atoms with Crippen LogP contribution in [0.2, 0.25) is 0 Å². The topological polar surface area (TPSA) is 134 Å². The molecule has 9 nitrogen and oxygen atoms in total. The number of carbonyl (C=O) groups is 2. The van der Waals surface area contributed by atoms with E-state index in [9.17, 15) is 19.0 Å². The zero-order valence-electron chi connectivity index (χ0n) is 50.6. The lowest BCUT2D eigenvalue weighted by Gasteiger charge is -2.19. The van der Waals surface area contributed by atoms with Gasteiger partial charge in [0.25, 0.3) is 0 Å². The van der Waals surface area contributed by atoms with Crippen molar-refractivity contribution in [2.24, 2.45) is 5.73 Å². The molecular weight excluding hydrogens is 990 g/mol. The second kappa shape index (κ2) is 63.4. The lowest BCUT2D eigenvalue weighted by atomic mass is 10.0. The Morgan fingerprint density at radius 2 is 0.705 bits per heavy atom. The third-order valence-corrected chi connectivity index (χ3v) is 15.0. The van der Waals surface area contributed by atoms with E-state index < -0.39 is 26.5 Å². The normalized spacial score (nSPS) is 13.5. The molecule has 452 valence electrons. The van der Waals surface area contributed by atoms with Crippen LogP contribution in [-0.2, 0) is 32.7 Å². The van der Waals surface area contributed by atoms with Crippen molar-refractivity contribution in [3.63, 3.8) is 0 Å². The highest BCUT2D eigenvalue weighted by Crippen LogP contribution is 2.43. The molecule has 3 N–H and O–H groups in total. The summed E-state index contributed by atoms with van der Waals surface area (Å²) in [5, 5.41) is 0. The first-order chi connectivity index (χ1) is 38.3. The average Bonchev–Trinajstić information content (AvgIpc) is 3.43. The minimum Gasteiger partial charge on any atom is -0.462 e. The largest absolute Gasteiger partial charge is 0.472 e. The first-order valence-electron chi connectivity index (χ1n) is 32.6. The number of allylic oxidation sites excluding steroid dienone is 14. The van der Waals surface area contributed by atoms with Crippen molar-refractivity contribution in [3.05, 3.63) is 85.1 Å². The number of carbonyl (C=O) groups excluding carboxylic acids is 2. The minimum absolute atomic E-state index is 0.0536. The monoisotopic (exact) mass is 1110 g/mol. The van der Waals surface area contributed by atoms with Crippen molar-refractivity contribution in [2.45, 2.75) is 309 Å². The van der Waals surface area contributed by atoms with Crippen LogP contribution in [0.25, 0.3) is 0 Å². The molecule has 0 aromatic rings. The van der Waals surface area contributed by atoms with E-state index in [-0.39, 0.29) is 38.6 Å². The Bertz CT molecular complexity index is 1550. The van der Waals surface area contributed by atoms with Crippen LogP contribution >= 0.6 is 7.82 Å². The quantitative estimate of drug-likeness (QED) is 0.0264. The Balaban J connectivity index is 3.85. The van der Waals surface area contributed by atoms with E-state index >= 15 is 0 Å². The minimum atomic E-state index is -4.39. The molecule has 0 aliphatic rings. The second-order valence-corrected chi connectivity index (χ2v) is 23.1. The fourth-order valence-electron chi connectivity index (χ4n) is 9.27.